The summed E-state index contributed by atoms with van der Waals surface area (Å²) >= 11 is 0. The molecule has 3 rings (SSSR count). The van der Waals surface area contributed by atoms with E-state index in [9.17, 15) is 4.79 Å². The number of ether oxygens (including phenoxy) is 2. The molecular weight excluding hydrogens is 330 g/mol. The van der Waals surface area contributed by atoms with Crippen molar-refractivity contribution in [3.63, 3.8) is 0 Å². The van der Waals surface area contributed by atoms with Crippen LogP contribution in [0.2, 0.25) is 0 Å². The Kier molecular flexibility index (Phi) is 5.22. The van der Waals surface area contributed by atoms with Crippen molar-refractivity contribution in [2.45, 2.75) is 13.5 Å². The smallest absolute Gasteiger partial charge is 0.253 e. The number of rotatable bonds is 6. The first-order valence-corrected chi connectivity index (χ1v) is 8.20. The summed E-state index contributed by atoms with van der Waals surface area (Å²) in [4.78, 5) is 16.8. The second-order valence-electron chi connectivity index (χ2n) is 5.86. The number of imidazole rings is 1. The van der Waals surface area contributed by atoms with Crippen LogP contribution in [0.15, 0.2) is 55.1 Å². The molecule has 6 heteroatoms. The van der Waals surface area contributed by atoms with Crippen LogP contribution in [0.3, 0.4) is 0 Å². The average molecular weight is 351 g/mol. The molecule has 2 aromatic carbocycles. The molecule has 0 aliphatic rings. The van der Waals surface area contributed by atoms with Gasteiger partial charge in [-0.05, 0) is 36.8 Å². The summed E-state index contributed by atoms with van der Waals surface area (Å²) < 4.78 is 12.4. The van der Waals surface area contributed by atoms with Gasteiger partial charge in [0.15, 0.2) is 11.5 Å². The summed E-state index contributed by atoms with van der Waals surface area (Å²) in [7, 11) is 3.18. The van der Waals surface area contributed by atoms with Crippen molar-refractivity contribution in [1.82, 2.24) is 14.9 Å². The fourth-order valence-corrected chi connectivity index (χ4v) is 2.73. The first kappa shape index (κ1) is 17.5. The molecule has 0 bridgehead atoms. The Morgan fingerprint density at radius 3 is 2.62 bits per heavy atom. The number of carbonyl (C=O) groups is 1. The molecule has 1 aromatic heterocycles. The number of benzene rings is 2. The first-order valence-electron chi connectivity index (χ1n) is 8.20. The van der Waals surface area contributed by atoms with E-state index in [1.54, 1.807) is 26.7 Å². The van der Waals surface area contributed by atoms with Crippen molar-refractivity contribution in [2.75, 3.05) is 14.2 Å². The zero-order chi connectivity index (χ0) is 18.5. The second kappa shape index (κ2) is 7.74. The predicted molar refractivity (Wildman–Crippen MR) is 99.0 cm³/mol. The van der Waals surface area contributed by atoms with Gasteiger partial charge in [0.05, 0.1) is 31.8 Å². The van der Waals surface area contributed by atoms with Crippen LogP contribution < -0.4 is 14.8 Å². The zero-order valence-electron chi connectivity index (χ0n) is 15.0. The molecule has 0 atom stereocenters. The lowest BCUT2D eigenvalue weighted by atomic mass is 10.1. The molecular formula is C20H21N3O3. The van der Waals surface area contributed by atoms with Gasteiger partial charge in [0, 0.05) is 18.9 Å². The number of amides is 1. The highest BCUT2D eigenvalue weighted by molar-refractivity contribution is 5.98. The van der Waals surface area contributed by atoms with Crippen LogP contribution in [0.25, 0.3) is 5.69 Å². The lowest BCUT2D eigenvalue weighted by Crippen LogP contribution is -2.24. The monoisotopic (exact) mass is 351 g/mol. The van der Waals surface area contributed by atoms with Crippen molar-refractivity contribution in [3.8, 4) is 17.2 Å². The maximum atomic E-state index is 12.8. The molecule has 0 aliphatic heterocycles. The van der Waals surface area contributed by atoms with Crippen molar-refractivity contribution < 1.29 is 14.3 Å². The molecule has 1 heterocycles. The van der Waals surface area contributed by atoms with E-state index in [0.717, 1.165) is 16.8 Å². The van der Waals surface area contributed by atoms with E-state index >= 15 is 0 Å². The molecule has 0 fully saturated rings. The van der Waals surface area contributed by atoms with Crippen molar-refractivity contribution in [2.24, 2.45) is 0 Å². The lowest BCUT2D eigenvalue weighted by molar-refractivity contribution is 0.0950. The van der Waals surface area contributed by atoms with Crippen LogP contribution in [0.4, 0.5) is 0 Å². The van der Waals surface area contributed by atoms with Gasteiger partial charge in [0.2, 0.25) is 0 Å². The predicted octanol–water partition coefficient (Wildman–Crippen LogP) is 3.13. The molecule has 0 unspecified atom stereocenters. The average Bonchev–Trinajstić information content (AvgIpc) is 3.20. The van der Waals surface area contributed by atoms with Crippen LogP contribution in [-0.4, -0.2) is 29.7 Å². The van der Waals surface area contributed by atoms with Gasteiger partial charge in [-0.2, -0.15) is 0 Å². The molecule has 1 amide bonds. The molecule has 134 valence electrons. The quantitative estimate of drug-likeness (QED) is 0.741. The Morgan fingerprint density at radius 2 is 1.92 bits per heavy atom. The van der Waals surface area contributed by atoms with Gasteiger partial charge in [0.25, 0.3) is 5.91 Å². The second-order valence-corrected chi connectivity index (χ2v) is 5.86. The minimum Gasteiger partial charge on any atom is -0.493 e. The molecule has 26 heavy (non-hydrogen) atoms. The van der Waals surface area contributed by atoms with Crippen LogP contribution in [0, 0.1) is 6.92 Å². The number of nitrogens with zero attached hydrogens (tertiary/aromatic N) is 2. The minimum absolute atomic E-state index is 0.146. The number of carbonyl (C=O) groups excluding carboxylic acids is 1. The minimum atomic E-state index is -0.146. The topological polar surface area (TPSA) is 65.4 Å². The third-order valence-electron chi connectivity index (χ3n) is 4.08. The number of aromatic nitrogens is 2. The SMILES string of the molecule is COc1ccc(CNC(=O)c2cc(C)ccc2-n2ccnc2)cc1OC. The van der Waals surface area contributed by atoms with Crippen LogP contribution in [0.5, 0.6) is 11.5 Å². The van der Waals surface area contributed by atoms with E-state index in [0.29, 0.717) is 23.6 Å². The van der Waals surface area contributed by atoms with Gasteiger partial charge >= 0.3 is 0 Å². The molecule has 1 N–H and O–H groups in total. The number of aryl methyl sites for hydroxylation is 1. The maximum Gasteiger partial charge on any atom is 0.253 e. The molecule has 0 radical (unpaired) electrons. The van der Waals surface area contributed by atoms with Gasteiger partial charge in [0.1, 0.15) is 0 Å². The van der Waals surface area contributed by atoms with Crippen LogP contribution in [0.1, 0.15) is 21.5 Å². The number of nitrogens with one attached hydrogen (secondary N) is 1. The maximum absolute atomic E-state index is 12.8. The largest absolute Gasteiger partial charge is 0.493 e. The molecule has 0 aliphatic carbocycles. The third-order valence-corrected chi connectivity index (χ3v) is 4.08. The van der Waals surface area contributed by atoms with Gasteiger partial charge in [-0.15, -0.1) is 0 Å². The first-order chi connectivity index (χ1) is 12.6. The van der Waals surface area contributed by atoms with E-state index in [4.69, 9.17) is 9.47 Å². The van der Waals surface area contributed by atoms with Gasteiger partial charge in [-0.1, -0.05) is 17.7 Å². The van der Waals surface area contributed by atoms with Gasteiger partial charge in [-0.3, -0.25) is 4.79 Å². The summed E-state index contributed by atoms with van der Waals surface area (Å²) in [5.74, 6) is 1.14. The highest BCUT2D eigenvalue weighted by atomic mass is 16.5. The summed E-state index contributed by atoms with van der Waals surface area (Å²) in [5, 5.41) is 2.96. The Balaban J connectivity index is 1.80. The Hall–Kier alpha value is -3.28. The van der Waals surface area contributed by atoms with E-state index in [-0.39, 0.29) is 5.91 Å². The molecule has 0 spiro atoms. The fraction of sp³-hybridized carbons (Fsp3) is 0.200. The normalized spacial score (nSPS) is 10.4. The van der Waals surface area contributed by atoms with Crippen molar-refractivity contribution >= 4 is 5.91 Å². The van der Waals surface area contributed by atoms with Gasteiger partial charge < -0.3 is 19.4 Å². The Bertz CT molecular complexity index is 905. The van der Waals surface area contributed by atoms with E-state index in [1.165, 1.54) is 0 Å². The molecule has 3 aromatic rings. The van der Waals surface area contributed by atoms with Crippen LogP contribution in [-0.2, 0) is 6.54 Å². The number of hydrogen-bond acceptors (Lipinski definition) is 4. The molecule has 6 nitrogen and oxygen atoms in total. The van der Waals surface area contributed by atoms with Crippen molar-refractivity contribution in [1.29, 1.82) is 0 Å². The van der Waals surface area contributed by atoms with Crippen LogP contribution >= 0.6 is 0 Å². The zero-order valence-corrected chi connectivity index (χ0v) is 15.0. The molecule has 0 saturated heterocycles. The Morgan fingerprint density at radius 1 is 1.12 bits per heavy atom. The van der Waals surface area contributed by atoms with E-state index in [2.05, 4.69) is 10.3 Å². The Labute approximate surface area is 152 Å². The number of methoxy groups -OCH3 is 2. The van der Waals surface area contributed by atoms with E-state index in [1.807, 2.05) is 54.1 Å². The van der Waals surface area contributed by atoms with E-state index < -0.39 is 0 Å². The highest BCUT2D eigenvalue weighted by Crippen LogP contribution is 2.27. The molecule has 0 saturated carbocycles. The number of hydrogen-bond donors (Lipinski definition) is 1. The van der Waals surface area contributed by atoms with Gasteiger partial charge in [-0.25, -0.2) is 4.98 Å². The summed E-state index contributed by atoms with van der Waals surface area (Å²) in [6.45, 7) is 2.35. The summed E-state index contributed by atoms with van der Waals surface area (Å²) in [5.41, 5.74) is 3.33. The lowest BCUT2D eigenvalue weighted by Gasteiger charge is -2.13. The third kappa shape index (κ3) is 3.69. The highest BCUT2D eigenvalue weighted by Gasteiger charge is 2.13. The standard InChI is InChI=1S/C20H21N3O3/c1-14-4-6-17(23-9-8-21-13-23)16(10-14)20(24)22-12-15-5-7-18(25-2)19(11-15)26-3/h4-11,13H,12H2,1-3H3,(H,22,24). The van der Waals surface area contributed by atoms with Crippen molar-refractivity contribution in [3.05, 3.63) is 71.8 Å². The summed E-state index contributed by atoms with van der Waals surface area (Å²) in [6, 6.07) is 11.3. The fourth-order valence-electron chi connectivity index (χ4n) is 2.73. The summed E-state index contributed by atoms with van der Waals surface area (Å²) in [6.07, 6.45) is 5.18.